The molecule has 0 saturated carbocycles. The van der Waals surface area contributed by atoms with Gasteiger partial charge >= 0.3 is 0 Å². The molecule has 0 saturated heterocycles. The Morgan fingerprint density at radius 1 is 1.04 bits per heavy atom. The summed E-state index contributed by atoms with van der Waals surface area (Å²) in [6.45, 7) is -0.0149. The fraction of sp³-hybridized carbons (Fsp3) is 0.211. The molecule has 0 fully saturated rings. The first kappa shape index (κ1) is 19.1. The maximum Gasteiger partial charge on any atom is 0.252 e. The Bertz CT molecular complexity index is 821. The molecule has 2 rings (SSSR count). The standard InChI is InChI=1S/C19H17F2NO4/c1-24-15-9-13(10-16(12-15)25-2)19(23)22-7-3-4-8-26-18-6-5-14(20)11-17(18)21/h5-6,9-12H,7-8H2,1-2H3,(H,22,23). The number of hydrogen-bond donors (Lipinski definition) is 1. The fourth-order valence-electron chi connectivity index (χ4n) is 1.98. The van der Waals surface area contributed by atoms with Gasteiger partial charge in [0, 0.05) is 17.7 Å². The normalized spacial score (nSPS) is 9.69. The van der Waals surface area contributed by atoms with E-state index in [1.807, 2.05) is 0 Å². The molecule has 0 aliphatic carbocycles. The van der Waals surface area contributed by atoms with Crippen LogP contribution in [0.4, 0.5) is 8.78 Å². The third kappa shape index (κ3) is 5.38. The number of carbonyl (C=O) groups excluding carboxylic acids is 1. The maximum absolute atomic E-state index is 13.4. The average Bonchev–Trinajstić information content (AvgIpc) is 2.65. The van der Waals surface area contributed by atoms with Gasteiger partial charge in [0.15, 0.2) is 11.6 Å². The highest BCUT2D eigenvalue weighted by Gasteiger charge is 2.09. The summed E-state index contributed by atoms with van der Waals surface area (Å²) in [4.78, 5) is 12.1. The van der Waals surface area contributed by atoms with E-state index >= 15 is 0 Å². The molecule has 0 radical (unpaired) electrons. The minimum absolute atomic E-state index is 0.0770. The first-order chi connectivity index (χ1) is 12.5. The fourth-order valence-corrected chi connectivity index (χ4v) is 1.98. The number of amides is 1. The third-order valence-corrected chi connectivity index (χ3v) is 3.27. The molecule has 1 N–H and O–H groups in total. The van der Waals surface area contributed by atoms with Crippen LogP contribution < -0.4 is 19.5 Å². The van der Waals surface area contributed by atoms with Crippen LogP contribution in [0, 0.1) is 23.5 Å². The van der Waals surface area contributed by atoms with Crippen molar-refractivity contribution in [3.05, 3.63) is 53.6 Å². The lowest BCUT2D eigenvalue weighted by Crippen LogP contribution is -2.23. The van der Waals surface area contributed by atoms with E-state index < -0.39 is 11.6 Å². The minimum Gasteiger partial charge on any atom is -0.497 e. The van der Waals surface area contributed by atoms with Crippen molar-refractivity contribution in [3.63, 3.8) is 0 Å². The predicted molar refractivity (Wildman–Crippen MR) is 91.5 cm³/mol. The second kappa shape index (κ2) is 9.28. The zero-order chi connectivity index (χ0) is 18.9. The quantitative estimate of drug-likeness (QED) is 0.804. The predicted octanol–water partition coefficient (Wildman–Crippen LogP) is 2.79. The Kier molecular flexibility index (Phi) is 6.80. The van der Waals surface area contributed by atoms with E-state index in [1.165, 1.54) is 20.3 Å². The molecule has 0 bridgehead atoms. The number of methoxy groups -OCH3 is 2. The van der Waals surface area contributed by atoms with Crippen molar-refractivity contribution in [2.45, 2.75) is 0 Å². The number of carbonyl (C=O) groups is 1. The van der Waals surface area contributed by atoms with Gasteiger partial charge in [0.2, 0.25) is 0 Å². The van der Waals surface area contributed by atoms with Gasteiger partial charge in [-0.2, -0.15) is 0 Å². The van der Waals surface area contributed by atoms with Crippen molar-refractivity contribution in [2.75, 3.05) is 27.4 Å². The summed E-state index contributed by atoms with van der Waals surface area (Å²) in [7, 11) is 2.98. The molecular formula is C19H17F2NO4. The molecule has 7 heteroatoms. The zero-order valence-electron chi connectivity index (χ0n) is 14.3. The van der Waals surface area contributed by atoms with Crippen LogP contribution in [-0.2, 0) is 0 Å². The summed E-state index contributed by atoms with van der Waals surface area (Å²) >= 11 is 0. The summed E-state index contributed by atoms with van der Waals surface area (Å²) < 4.78 is 41.4. The van der Waals surface area contributed by atoms with Gasteiger partial charge in [-0.3, -0.25) is 4.79 Å². The molecule has 0 spiro atoms. The minimum atomic E-state index is -0.799. The molecule has 136 valence electrons. The number of hydrogen-bond acceptors (Lipinski definition) is 4. The van der Waals surface area contributed by atoms with E-state index in [9.17, 15) is 13.6 Å². The van der Waals surface area contributed by atoms with Gasteiger partial charge in [-0.05, 0) is 24.3 Å². The van der Waals surface area contributed by atoms with Crippen LogP contribution in [0.1, 0.15) is 10.4 Å². The Labute approximate surface area is 149 Å². The third-order valence-electron chi connectivity index (χ3n) is 3.27. The smallest absolute Gasteiger partial charge is 0.252 e. The van der Waals surface area contributed by atoms with E-state index in [-0.39, 0.29) is 24.8 Å². The highest BCUT2D eigenvalue weighted by molar-refractivity contribution is 5.95. The number of ether oxygens (including phenoxy) is 3. The largest absolute Gasteiger partial charge is 0.497 e. The molecule has 0 unspecified atom stereocenters. The van der Waals surface area contributed by atoms with E-state index in [0.29, 0.717) is 17.1 Å². The van der Waals surface area contributed by atoms with E-state index in [0.717, 1.165) is 12.1 Å². The van der Waals surface area contributed by atoms with Gasteiger partial charge < -0.3 is 19.5 Å². The number of benzene rings is 2. The number of nitrogens with one attached hydrogen (secondary N) is 1. The van der Waals surface area contributed by atoms with Crippen molar-refractivity contribution < 1.29 is 27.8 Å². The summed E-state index contributed by atoms with van der Waals surface area (Å²) in [6.07, 6.45) is 0. The van der Waals surface area contributed by atoms with Crippen LogP contribution in [0.2, 0.25) is 0 Å². The second-order valence-corrected chi connectivity index (χ2v) is 5.00. The van der Waals surface area contributed by atoms with Crippen LogP contribution in [0.3, 0.4) is 0 Å². The Hall–Kier alpha value is -3.27. The van der Waals surface area contributed by atoms with Gasteiger partial charge in [0.05, 0.1) is 20.8 Å². The molecule has 0 heterocycles. The molecule has 0 aliphatic heterocycles. The number of halogens is 2. The summed E-state index contributed by atoms with van der Waals surface area (Å²) in [5, 5.41) is 2.62. The lowest BCUT2D eigenvalue weighted by Gasteiger charge is -2.08. The highest BCUT2D eigenvalue weighted by Crippen LogP contribution is 2.22. The van der Waals surface area contributed by atoms with Crippen LogP contribution in [0.15, 0.2) is 36.4 Å². The van der Waals surface area contributed by atoms with Crippen LogP contribution in [0.5, 0.6) is 17.2 Å². The van der Waals surface area contributed by atoms with Crippen molar-refractivity contribution in [2.24, 2.45) is 0 Å². The van der Waals surface area contributed by atoms with Crippen molar-refractivity contribution in [1.82, 2.24) is 5.32 Å². The van der Waals surface area contributed by atoms with Gasteiger partial charge in [0.1, 0.15) is 23.9 Å². The average molecular weight is 361 g/mol. The lowest BCUT2D eigenvalue weighted by molar-refractivity contribution is 0.0958. The van der Waals surface area contributed by atoms with Crippen LogP contribution >= 0.6 is 0 Å². The molecule has 0 aliphatic rings. The molecular weight excluding hydrogens is 344 g/mol. The van der Waals surface area contributed by atoms with E-state index in [4.69, 9.17) is 14.2 Å². The zero-order valence-corrected chi connectivity index (χ0v) is 14.3. The summed E-state index contributed by atoms with van der Waals surface area (Å²) in [5.41, 5.74) is 0.368. The topological polar surface area (TPSA) is 56.8 Å². The van der Waals surface area contributed by atoms with Crippen molar-refractivity contribution in [1.29, 1.82) is 0 Å². The van der Waals surface area contributed by atoms with Gasteiger partial charge in [-0.15, -0.1) is 0 Å². The molecule has 2 aromatic carbocycles. The maximum atomic E-state index is 13.4. The van der Waals surface area contributed by atoms with E-state index in [2.05, 4.69) is 17.2 Å². The number of rotatable bonds is 6. The Morgan fingerprint density at radius 2 is 1.73 bits per heavy atom. The molecule has 1 amide bonds. The SMILES string of the molecule is COc1cc(OC)cc(C(=O)NCC#CCOc2ccc(F)cc2F)c1. The molecule has 2 aromatic rings. The monoisotopic (exact) mass is 361 g/mol. The summed E-state index contributed by atoms with van der Waals surface area (Å²) in [6, 6.07) is 7.81. The highest BCUT2D eigenvalue weighted by atomic mass is 19.1. The van der Waals surface area contributed by atoms with Crippen molar-refractivity contribution in [3.8, 4) is 29.1 Å². The van der Waals surface area contributed by atoms with E-state index in [1.54, 1.807) is 18.2 Å². The summed E-state index contributed by atoms with van der Waals surface area (Å²) in [5.74, 6) is 4.38. The van der Waals surface area contributed by atoms with Crippen molar-refractivity contribution >= 4 is 5.91 Å². The molecule has 0 atom stereocenters. The van der Waals surface area contributed by atoms with Gasteiger partial charge in [0.25, 0.3) is 5.91 Å². The second-order valence-electron chi connectivity index (χ2n) is 5.00. The first-order valence-electron chi connectivity index (χ1n) is 7.58. The van der Waals surface area contributed by atoms with Crippen LogP contribution in [0.25, 0.3) is 0 Å². The van der Waals surface area contributed by atoms with Crippen LogP contribution in [-0.4, -0.2) is 33.3 Å². The lowest BCUT2D eigenvalue weighted by atomic mass is 10.2. The Morgan fingerprint density at radius 3 is 2.35 bits per heavy atom. The molecule has 26 heavy (non-hydrogen) atoms. The van der Waals surface area contributed by atoms with Gasteiger partial charge in [-0.1, -0.05) is 11.8 Å². The Balaban J connectivity index is 1.84. The first-order valence-corrected chi connectivity index (χ1v) is 7.58. The molecule has 5 nitrogen and oxygen atoms in total. The molecule has 0 aromatic heterocycles. The van der Waals surface area contributed by atoms with Gasteiger partial charge in [-0.25, -0.2) is 8.78 Å².